The minimum Gasteiger partial charge on any atom is -0.486 e. The van der Waals surface area contributed by atoms with Gasteiger partial charge >= 0.3 is 0 Å². The number of benzene rings is 2. The van der Waals surface area contributed by atoms with Gasteiger partial charge in [-0.25, -0.2) is 13.8 Å². The van der Waals surface area contributed by atoms with E-state index in [0.717, 1.165) is 17.7 Å². The van der Waals surface area contributed by atoms with Gasteiger partial charge in [0.05, 0.1) is 0 Å². The molecule has 0 aliphatic rings. The number of nitrogens with zero attached hydrogens (tertiary/aromatic N) is 1. The summed E-state index contributed by atoms with van der Waals surface area (Å²) < 4.78 is 31.7. The Kier molecular flexibility index (Phi) is 5.04. The first-order chi connectivity index (χ1) is 12.0. The Labute approximate surface area is 147 Å². The number of halogens is 2. The predicted octanol–water partition coefficient (Wildman–Crippen LogP) is 4.56. The number of hydrogen-bond acceptors (Lipinski definition) is 4. The molecule has 0 bridgehead atoms. The van der Waals surface area contributed by atoms with Gasteiger partial charge in [-0.15, -0.1) is 11.3 Å². The SMILES string of the molecule is Cc1ccc(OCc2nc(C(=O)Nc3ccc(F)c(F)c3)cs2)cc1. The number of carbonyl (C=O) groups is 1. The summed E-state index contributed by atoms with van der Waals surface area (Å²) in [5, 5.41) is 4.70. The maximum Gasteiger partial charge on any atom is 0.275 e. The first-order valence-corrected chi connectivity index (χ1v) is 8.29. The molecule has 0 saturated heterocycles. The number of thiazole rings is 1. The van der Waals surface area contributed by atoms with E-state index in [-0.39, 0.29) is 18.0 Å². The molecule has 0 unspecified atom stereocenters. The molecule has 7 heteroatoms. The molecule has 0 aliphatic carbocycles. The molecule has 1 N–H and O–H groups in total. The van der Waals surface area contributed by atoms with Crippen molar-refractivity contribution in [2.24, 2.45) is 0 Å². The second-order valence-corrected chi connectivity index (χ2v) is 6.25. The average molecular weight is 360 g/mol. The lowest BCUT2D eigenvalue weighted by molar-refractivity contribution is 0.102. The molecule has 3 aromatic rings. The third-order valence-corrected chi connectivity index (χ3v) is 4.17. The van der Waals surface area contributed by atoms with Crippen LogP contribution in [0.15, 0.2) is 47.8 Å². The molecule has 0 radical (unpaired) electrons. The average Bonchev–Trinajstić information content (AvgIpc) is 3.07. The molecule has 0 atom stereocenters. The van der Waals surface area contributed by atoms with E-state index in [2.05, 4.69) is 10.3 Å². The van der Waals surface area contributed by atoms with E-state index in [1.165, 1.54) is 17.4 Å². The quantitative estimate of drug-likeness (QED) is 0.726. The van der Waals surface area contributed by atoms with Gasteiger partial charge in [-0.2, -0.15) is 0 Å². The van der Waals surface area contributed by atoms with Crippen LogP contribution in [0.1, 0.15) is 21.1 Å². The minimum atomic E-state index is -1.02. The molecular weight excluding hydrogens is 346 g/mol. The van der Waals surface area contributed by atoms with Crippen LogP contribution in [-0.2, 0) is 6.61 Å². The summed E-state index contributed by atoms with van der Waals surface area (Å²) in [7, 11) is 0. The van der Waals surface area contributed by atoms with E-state index in [0.29, 0.717) is 10.8 Å². The molecule has 4 nitrogen and oxygen atoms in total. The third-order valence-electron chi connectivity index (χ3n) is 3.35. The number of carbonyl (C=O) groups excluding carboxylic acids is 1. The molecule has 1 heterocycles. The molecular formula is C18H14F2N2O2S. The fraction of sp³-hybridized carbons (Fsp3) is 0.111. The molecule has 1 aromatic heterocycles. The molecule has 2 aromatic carbocycles. The standard InChI is InChI=1S/C18H14F2N2O2S/c1-11-2-5-13(6-3-11)24-9-17-22-16(10-25-17)18(23)21-12-4-7-14(19)15(20)8-12/h2-8,10H,9H2,1H3,(H,21,23). The Morgan fingerprint density at radius 3 is 2.64 bits per heavy atom. The molecule has 25 heavy (non-hydrogen) atoms. The van der Waals surface area contributed by atoms with Crippen LogP contribution in [0.5, 0.6) is 5.75 Å². The van der Waals surface area contributed by atoms with Crippen molar-refractivity contribution in [1.29, 1.82) is 0 Å². The van der Waals surface area contributed by atoms with E-state index in [1.807, 2.05) is 31.2 Å². The normalized spacial score (nSPS) is 10.5. The van der Waals surface area contributed by atoms with Crippen LogP contribution in [0.3, 0.4) is 0 Å². The summed E-state index contributed by atoms with van der Waals surface area (Å²) in [6, 6.07) is 10.8. The zero-order chi connectivity index (χ0) is 17.8. The third kappa shape index (κ3) is 4.39. The highest BCUT2D eigenvalue weighted by Gasteiger charge is 2.12. The van der Waals surface area contributed by atoms with Crippen LogP contribution in [-0.4, -0.2) is 10.9 Å². The van der Waals surface area contributed by atoms with Gasteiger partial charge in [0.1, 0.15) is 23.1 Å². The Balaban J connectivity index is 1.61. The van der Waals surface area contributed by atoms with Crippen molar-refractivity contribution in [3.63, 3.8) is 0 Å². The number of aryl methyl sites for hydroxylation is 1. The van der Waals surface area contributed by atoms with Crippen molar-refractivity contribution < 1.29 is 18.3 Å². The monoisotopic (exact) mass is 360 g/mol. The number of hydrogen-bond donors (Lipinski definition) is 1. The van der Waals surface area contributed by atoms with Gasteiger partial charge < -0.3 is 10.1 Å². The van der Waals surface area contributed by atoms with Gasteiger partial charge in [0, 0.05) is 17.1 Å². The summed E-state index contributed by atoms with van der Waals surface area (Å²) in [6.07, 6.45) is 0. The highest BCUT2D eigenvalue weighted by molar-refractivity contribution is 7.09. The summed E-state index contributed by atoms with van der Waals surface area (Å²) in [4.78, 5) is 16.3. The van der Waals surface area contributed by atoms with Crippen LogP contribution in [0, 0.1) is 18.6 Å². The zero-order valence-electron chi connectivity index (χ0n) is 13.3. The lowest BCUT2D eigenvalue weighted by atomic mass is 10.2. The Bertz CT molecular complexity index is 894. The molecule has 0 fully saturated rings. The Hall–Kier alpha value is -2.80. The van der Waals surface area contributed by atoms with Crippen molar-refractivity contribution in [3.05, 3.63) is 75.7 Å². The summed E-state index contributed by atoms with van der Waals surface area (Å²) in [5.41, 5.74) is 1.49. The largest absolute Gasteiger partial charge is 0.486 e. The Morgan fingerprint density at radius 2 is 1.92 bits per heavy atom. The second-order valence-electron chi connectivity index (χ2n) is 5.31. The van der Waals surface area contributed by atoms with Crippen LogP contribution in [0.25, 0.3) is 0 Å². The molecule has 0 aliphatic heterocycles. The van der Waals surface area contributed by atoms with E-state index >= 15 is 0 Å². The topological polar surface area (TPSA) is 51.2 Å². The van der Waals surface area contributed by atoms with Gasteiger partial charge in [-0.1, -0.05) is 17.7 Å². The van der Waals surface area contributed by atoms with Crippen molar-refractivity contribution in [1.82, 2.24) is 4.98 Å². The molecule has 0 saturated carbocycles. The van der Waals surface area contributed by atoms with E-state index in [1.54, 1.807) is 5.38 Å². The van der Waals surface area contributed by atoms with Gasteiger partial charge in [-0.05, 0) is 31.2 Å². The molecule has 1 amide bonds. The number of rotatable bonds is 5. The van der Waals surface area contributed by atoms with Gasteiger partial charge in [0.2, 0.25) is 0 Å². The van der Waals surface area contributed by atoms with Crippen molar-refractivity contribution in [3.8, 4) is 5.75 Å². The lowest BCUT2D eigenvalue weighted by Crippen LogP contribution is -2.13. The van der Waals surface area contributed by atoms with Crippen molar-refractivity contribution in [2.75, 3.05) is 5.32 Å². The smallest absolute Gasteiger partial charge is 0.275 e. The van der Waals surface area contributed by atoms with Gasteiger partial charge in [-0.3, -0.25) is 4.79 Å². The highest BCUT2D eigenvalue weighted by atomic mass is 32.1. The number of nitrogens with one attached hydrogen (secondary N) is 1. The highest BCUT2D eigenvalue weighted by Crippen LogP contribution is 2.18. The van der Waals surface area contributed by atoms with Crippen molar-refractivity contribution in [2.45, 2.75) is 13.5 Å². The zero-order valence-corrected chi connectivity index (χ0v) is 14.1. The lowest BCUT2D eigenvalue weighted by Gasteiger charge is -2.04. The van der Waals surface area contributed by atoms with Crippen LogP contribution >= 0.6 is 11.3 Å². The van der Waals surface area contributed by atoms with Gasteiger partial charge in [0.25, 0.3) is 5.91 Å². The summed E-state index contributed by atoms with van der Waals surface area (Å²) in [5.74, 6) is -1.78. The van der Waals surface area contributed by atoms with Crippen LogP contribution < -0.4 is 10.1 Å². The fourth-order valence-electron chi connectivity index (χ4n) is 2.03. The molecule has 0 spiro atoms. The van der Waals surface area contributed by atoms with E-state index < -0.39 is 17.5 Å². The maximum atomic E-state index is 13.2. The number of aromatic nitrogens is 1. The number of ether oxygens (including phenoxy) is 1. The van der Waals surface area contributed by atoms with E-state index in [4.69, 9.17) is 4.74 Å². The van der Waals surface area contributed by atoms with Crippen LogP contribution in [0.2, 0.25) is 0 Å². The number of anilines is 1. The maximum absolute atomic E-state index is 13.2. The van der Waals surface area contributed by atoms with Crippen molar-refractivity contribution >= 4 is 22.9 Å². The van der Waals surface area contributed by atoms with Crippen LogP contribution in [0.4, 0.5) is 14.5 Å². The summed E-state index contributed by atoms with van der Waals surface area (Å²) >= 11 is 1.29. The fourth-order valence-corrected chi connectivity index (χ4v) is 2.72. The Morgan fingerprint density at radius 1 is 1.16 bits per heavy atom. The predicted molar refractivity (Wildman–Crippen MR) is 91.9 cm³/mol. The first-order valence-electron chi connectivity index (χ1n) is 7.41. The van der Waals surface area contributed by atoms with E-state index in [9.17, 15) is 13.6 Å². The van der Waals surface area contributed by atoms with Gasteiger partial charge in [0.15, 0.2) is 11.6 Å². The summed E-state index contributed by atoms with van der Waals surface area (Å²) in [6.45, 7) is 2.23. The minimum absolute atomic E-state index is 0.161. The number of amides is 1. The molecule has 128 valence electrons. The first kappa shape index (κ1) is 17.0. The molecule has 3 rings (SSSR count). The second kappa shape index (κ2) is 7.40.